The van der Waals surface area contributed by atoms with E-state index >= 15 is 0 Å². The molecule has 0 spiro atoms. The van der Waals surface area contributed by atoms with E-state index in [2.05, 4.69) is 14.9 Å². The Morgan fingerprint density at radius 3 is 1.62 bits per heavy atom. The molecule has 2 aromatic carbocycles. The normalized spacial score (nSPS) is 11.6. The van der Waals surface area contributed by atoms with Crippen LogP contribution in [0.2, 0.25) is 0 Å². The first-order valence-corrected chi connectivity index (χ1v) is 9.91. The van der Waals surface area contributed by atoms with Gasteiger partial charge in [0.2, 0.25) is 0 Å². The van der Waals surface area contributed by atoms with E-state index in [1.165, 1.54) is 48.8 Å². The van der Waals surface area contributed by atoms with E-state index in [1.807, 2.05) is 7.05 Å². The predicted molar refractivity (Wildman–Crippen MR) is 121 cm³/mol. The van der Waals surface area contributed by atoms with Crippen LogP contribution in [0.4, 0.5) is 11.4 Å². The van der Waals surface area contributed by atoms with Gasteiger partial charge in [-0.15, -0.1) is 0 Å². The summed E-state index contributed by atoms with van der Waals surface area (Å²) in [7, 11) is 1.96. The van der Waals surface area contributed by atoms with Gasteiger partial charge < -0.3 is 15.1 Å². The Morgan fingerprint density at radius 2 is 1.25 bits per heavy atom. The number of rotatable bonds is 12. The molecule has 0 radical (unpaired) electrons. The Labute approximate surface area is 184 Å². The number of nitrogens with zero attached hydrogens (tertiary/aromatic N) is 5. The molecule has 0 fully saturated rings. The van der Waals surface area contributed by atoms with Gasteiger partial charge in [0, 0.05) is 60.9 Å². The Morgan fingerprint density at radius 1 is 0.844 bits per heavy atom. The molecule has 0 unspecified atom stereocenters. The zero-order valence-electron chi connectivity index (χ0n) is 17.6. The molecule has 0 saturated carbocycles. The van der Waals surface area contributed by atoms with Gasteiger partial charge in [0.1, 0.15) is 11.5 Å². The van der Waals surface area contributed by atoms with Gasteiger partial charge in [-0.3, -0.25) is 30.2 Å². The van der Waals surface area contributed by atoms with Crippen LogP contribution in [0.3, 0.4) is 0 Å². The maximum Gasteiger partial charge on any atom is 0.270 e. The summed E-state index contributed by atoms with van der Waals surface area (Å²) in [5, 5.41) is 41.1. The van der Waals surface area contributed by atoms with Crippen LogP contribution in [0.5, 0.6) is 11.5 Å². The highest BCUT2D eigenvalue weighted by atomic mass is 16.6. The largest absolute Gasteiger partial charge is 0.507 e. The van der Waals surface area contributed by atoms with Gasteiger partial charge >= 0.3 is 0 Å². The molecule has 0 amide bonds. The first kappa shape index (κ1) is 24.4. The standard InChI is InChI=1S/C21H25N5O6/c1-24(10-2-8-22-14-16-12-18(25(29)30)4-6-20(16)27)11-3-9-23-15-17-13-19(26(31)32)5-7-21(17)28/h4-7,12-15,27-28H,2-3,8-11H2,1H3. The lowest BCUT2D eigenvalue weighted by molar-refractivity contribution is -0.385. The molecule has 0 atom stereocenters. The fourth-order valence-electron chi connectivity index (χ4n) is 2.82. The number of benzene rings is 2. The minimum atomic E-state index is -0.526. The smallest absolute Gasteiger partial charge is 0.270 e. The van der Waals surface area contributed by atoms with Crippen LogP contribution in [0.1, 0.15) is 24.0 Å². The molecule has 170 valence electrons. The van der Waals surface area contributed by atoms with Crippen LogP contribution in [0, 0.1) is 20.2 Å². The van der Waals surface area contributed by atoms with Crippen LogP contribution in [0.25, 0.3) is 0 Å². The van der Waals surface area contributed by atoms with Gasteiger partial charge in [-0.05, 0) is 45.1 Å². The summed E-state index contributed by atoms with van der Waals surface area (Å²) in [5.41, 5.74) is 0.403. The molecule has 0 saturated heterocycles. The first-order chi connectivity index (χ1) is 15.3. The van der Waals surface area contributed by atoms with Gasteiger partial charge in [-0.2, -0.15) is 0 Å². The zero-order chi connectivity index (χ0) is 23.5. The molecular formula is C21H25N5O6. The average molecular weight is 443 g/mol. The maximum atomic E-state index is 10.8. The molecule has 2 N–H and O–H groups in total. The summed E-state index contributed by atoms with van der Waals surface area (Å²) >= 11 is 0. The molecule has 0 aromatic heterocycles. The topological polar surface area (TPSA) is 155 Å². The third-order valence-corrected chi connectivity index (χ3v) is 4.56. The number of hydrogen-bond acceptors (Lipinski definition) is 9. The second-order valence-corrected chi connectivity index (χ2v) is 7.08. The van der Waals surface area contributed by atoms with E-state index in [0.717, 1.165) is 25.9 Å². The molecule has 11 heteroatoms. The average Bonchev–Trinajstić information content (AvgIpc) is 2.75. The highest BCUT2D eigenvalue weighted by molar-refractivity contribution is 5.85. The van der Waals surface area contributed by atoms with E-state index in [0.29, 0.717) is 24.2 Å². The molecule has 32 heavy (non-hydrogen) atoms. The third-order valence-electron chi connectivity index (χ3n) is 4.56. The minimum absolute atomic E-state index is 0.0598. The molecule has 0 aliphatic rings. The lowest BCUT2D eigenvalue weighted by Crippen LogP contribution is -2.22. The lowest BCUT2D eigenvalue weighted by atomic mass is 10.2. The van der Waals surface area contributed by atoms with Crippen molar-refractivity contribution in [3.63, 3.8) is 0 Å². The molecule has 0 aliphatic heterocycles. The molecule has 2 aromatic rings. The molecular weight excluding hydrogens is 418 g/mol. The number of aromatic hydroxyl groups is 2. The molecule has 2 rings (SSSR count). The van der Waals surface area contributed by atoms with E-state index in [4.69, 9.17) is 0 Å². The molecule has 0 heterocycles. The van der Waals surface area contributed by atoms with Gasteiger partial charge in [0.15, 0.2) is 0 Å². The number of aliphatic imine (C=N–C) groups is 2. The van der Waals surface area contributed by atoms with Gasteiger partial charge in [-0.25, -0.2) is 0 Å². The van der Waals surface area contributed by atoms with E-state index < -0.39 is 9.85 Å². The Balaban J connectivity index is 1.69. The lowest BCUT2D eigenvalue weighted by Gasteiger charge is -2.14. The summed E-state index contributed by atoms with van der Waals surface area (Å²) in [4.78, 5) is 31.1. The second-order valence-electron chi connectivity index (χ2n) is 7.08. The quantitative estimate of drug-likeness (QED) is 0.221. The van der Waals surface area contributed by atoms with Crippen LogP contribution in [0.15, 0.2) is 46.4 Å². The zero-order valence-corrected chi connectivity index (χ0v) is 17.6. The highest BCUT2D eigenvalue weighted by Crippen LogP contribution is 2.22. The van der Waals surface area contributed by atoms with Crippen molar-refractivity contribution >= 4 is 23.8 Å². The fourth-order valence-corrected chi connectivity index (χ4v) is 2.82. The van der Waals surface area contributed by atoms with Crippen molar-refractivity contribution in [2.75, 3.05) is 33.2 Å². The number of phenolic OH excluding ortho intramolecular Hbond substituents is 2. The Bertz CT molecular complexity index is 929. The van der Waals surface area contributed by atoms with Crippen molar-refractivity contribution < 1.29 is 20.1 Å². The maximum absolute atomic E-state index is 10.8. The van der Waals surface area contributed by atoms with Crippen LogP contribution in [-0.2, 0) is 0 Å². The Kier molecular flexibility index (Phi) is 9.23. The minimum Gasteiger partial charge on any atom is -0.507 e. The summed E-state index contributed by atoms with van der Waals surface area (Å²) in [6, 6.07) is 7.57. The number of phenols is 2. The van der Waals surface area contributed by atoms with E-state index in [9.17, 15) is 30.4 Å². The van der Waals surface area contributed by atoms with Crippen molar-refractivity contribution in [2.45, 2.75) is 12.8 Å². The summed E-state index contributed by atoms with van der Waals surface area (Å²) < 4.78 is 0. The van der Waals surface area contributed by atoms with E-state index in [1.54, 1.807) is 0 Å². The molecule has 0 bridgehead atoms. The monoisotopic (exact) mass is 443 g/mol. The number of non-ortho nitro benzene ring substituents is 2. The molecule has 0 aliphatic carbocycles. The van der Waals surface area contributed by atoms with Gasteiger partial charge in [0.05, 0.1) is 9.85 Å². The number of nitro groups is 2. The van der Waals surface area contributed by atoms with Crippen LogP contribution in [-0.4, -0.2) is 70.6 Å². The summed E-state index contributed by atoms with van der Waals surface area (Å²) in [6.45, 7) is 2.59. The third kappa shape index (κ3) is 7.76. The molecule has 11 nitrogen and oxygen atoms in total. The first-order valence-electron chi connectivity index (χ1n) is 9.91. The van der Waals surface area contributed by atoms with Crippen molar-refractivity contribution in [3.8, 4) is 11.5 Å². The van der Waals surface area contributed by atoms with Gasteiger partial charge in [0.25, 0.3) is 11.4 Å². The van der Waals surface area contributed by atoms with Crippen molar-refractivity contribution in [1.82, 2.24) is 4.90 Å². The number of nitro benzene ring substituents is 2. The summed E-state index contributed by atoms with van der Waals surface area (Å²) in [5.74, 6) is -0.120. The van der Waals surface area contributed by atoms with Crippen LogP contribution < -0.4 is 0 Å². The van der Waals surface area contributed by atoms with Gasteiger partial charge in [-0.1, -0.05) is 0 Å². The highest BCUT2D eigenvalue weighted by Gasteiger charge is 2.09. The van der Waals surface area contributed by atoms with Crippen molar-refractivity contribution in [1.29, 1.82) is 0 Å². The fraction of sp³-hybridized carbons (Fsp3) is 0.333. The SMILES string of the molecule is CN(CCCN=Cc1cc([N+](=O)[O-])ccc1O)CCCN=Cc1cc([N+](=O)[O-])ccc1O. The van der Waals surface area contributed by atoms with Crippen LogP contribution >= 0.6 is 0 Å². The van der Waals surface area contributed by atoms with E-state index in [-0.39, 0.29) is 22.9 Å². The van der Waals surface area contributed by atoms with Crippen molar-refractivity contribution in [3.05, 3.63) is 67.8 Å². The summed E-state index contributed by atoms with van der Waals surface area (Å²) in [6.07, 6.45) is 4.40. The van der Waals surface area contributed by atoms with Crippen molar-refractivity contribution in [2.24, 2.45) is 9.98 Å². The number of hydrogen-bond donors (Lipinski definition) is 2. The second kappa shape index (κ2) is 12.1. The Hall–Kier alpha value is -3.86. The predicted octanol–water partition coefficient (Wildman–Crippen LogP) is 3.16.